The van der Waals surface area contributed by atoms with Gasteiger partial charge in [-0.3, -0.25) is 14.4 Å². The van der Waals surface area contributed by atoms with E-state index in [-0.39, 0.29) is 13.0 Å². The Hall–Kier alpha value is -1.44. The zero-order chi connectivity index (χ0) is 16.6. The van der Waals surface area contributed by atoms with Crippen molar-refractivity contribution in [3.8, 4) is 0 Å². The van der Waals surface area contributed by atoms with Gasteiger partial charge in [-0.1, -0.05) is 0 Å². The molecule has 0 bridgehead atoms. The summed E-state index contributed by atoms with van der Waals surface area (Å²) in [7, 11) is 0.127. The van der Waals surface area contributed by atoms with Gasteiger partial charge in [0.2, 0.25) is 11.8 Å². The second-order valence-electron chi connectivity index (χ2n) is 4.60. The van der Waals surface area contributed by atoms with Gasteiger partial charge in [0.1, 0.15) is 20.7 Å². The van der Waals surface area contributed by atoms with E-state index in [4.69, 9.17) is 10.2 Å². The van der Waals surface area contributed by atoms with E-state index in [1.807, 2.05) is 0 Å². The Morgan fingerprint density at radius 3 is 2.10 bits per heavy atom. The molecule has 10 heteroatoms. The topological polar surface area (TPSA) is 136 Å². The maximum absolute atomic E-state index is 12.0. The van der Waals surface area contributed by atoms with Gasteiger partial charge < -0.3 is 25.4 Å². The summed E-state index contributed by atoms with van der Waals surface area (Å²) >= 11 is 0. The van der Waals surface area contributed by atoms with Gasteiger partial charge in [0, 0.05) is 6.61 Å². The van der Waals surface area contributed by atoms with Crippen LogP contribution in [0.15, 0.2) is 0 Å². The van der Waals surface area contributed by atoms with E-state index in [1.165, 1.54) is 25.6 Å². The molecule has 0 saturated heterocycles. The molecule has 0 spiro atoms. The van der Waals surface area contributed by atoms with Crippen molar-refractivity contribution in [2.75, 3.05) is 13.7 Å². The summed E-state index contributed by atoms with van der Waals surface area (Å²) < 4.78 is 12.2. The van der Waals surface area contributed by atoms with Crippen LogP contribution in [0, 0.1) is 0 Å². The molecule has 4 N–H and O–H groups in total. The lowest BCUT2D eigenvalue weighted by Crippen LogP contribution is -2.52. The van der Waals surface area contributed by atoms with Crippen molar-refractivity contribution < 1.29 is 29.2 Å². The molecule has 21 heavy (non-hydrogen) atoms. The maximum Gasteiger partial charge on any atom is 0.325 e. The molecule has 0 aromatic carbocycles. The monoisotopic (exact) mass is 323 g/mol. The van der Waals surface area contributed by atoms with E-state index in [1.54, 1.807) is 0 Å². The first-order chi connectivity index (χ1) is 9.74. The van der Waals surface area contributed by atoms with E-state index in [0.29, 0.717) is 0 Å². The molecular formula is C11H22N3O6P. The highest BCUT2D eigenvalue weighted by atomic mass is 31.1. The highest BCUT2D eigenvalue weighted by Gasteiger charge is 2.26. The molecule has 0 radical (unpaired) electrons. The first-order valence-corrected chi connectivity index (χ1v) is 7.35. The van der Waals surface area contributed by atoms with Crippen LogP contribution in [0.5, 0.6) is 0 Å². The number of hydrogen-bond donors (Lipinski definition) is 4. The average Bonchev–Trinajstić information content (AvgIpc) is 2.43. The molecule has 122 valence electrons. The van der Waals surface area contributed by atoms with Crippen molar-refractivity contribution in [2.45, 2.75) is 38.4 Å². The number of carboxylic acids is 1. The van der Waals surface area contributed by atoms with Crippen LogP contribution in [0.2, 0.25) is 0 Å². The van der Waals surface area contributed by atoms with E-state index in [2.05, 4.69) is 10.6 Å². The minimum atomic E-state index is -1.34. The number of nitrogens with zero attached hydrogens (tertiary/aromatic N) is 1. The Kier molecular flexibility index (Phi) is 8.84. The number of aliphatic carboxylic acids is 1. The Morgan fingerprint density at radius 1 is 1.14 bits per heavy atom. The lowest BCUT2D eigenvalue weighted by Gasteiger charge is -2.24. The number of hydrogen-bond acceptors (Lipinski definition) is 5. The molecular weight excluding hydrogens is 301 g/mol. The number of carboxylic acid groups (broad SMARTS) is 1. The summed E-state index contributed by atoms with van der Waals surface area (Å²) in [4.78, 5) is 34.3. The van der Waals surface area contributed by atoms with Crippen LogP contribution in [-0.2, 0) is 18.9 Å². The summed E-state index contributed by atoms with van der Waals surface area (Å²) in [5, 5.41) is 22.2. The smallest absolute Gasteiger partial charge is 0.325 e. The van der Waals surface area contributed by atoms with Crippen LogP contribution in [0.4, 0.5) is 0 Å². The first kappa shape index (κ1) is 19.6. The third-order valence-corrected chi connectivity index (χ3v) is 3.54. The number of aliphatic hydroxyl groups is 1. The van der Waals surface area contributed by atoms with Crippen molar-refractivity contribution >= 4 is 26.4 Å². The predicted octanol–water partition coefficient (Wildman–Crippen LogP) is -1.57. The minimum Gasteiger partial charge on any atom is -0.480 e. The number of rotatable bonds is 9. The second-order valence-corrected chi connectivity index (χ2v) is 5.62. The van der Waals surface area contributed by atoms with Crippen molar-refractivity contribution in [1.29, 1.82) is 0 Å². The average molecular weight is 323 g/mol. The third kappa shape index (κ3) is 6.70. The van der Waals surface area contributed by atoms with Gasteiger partial charge in [-0.05, 0) is 27.3 Å². The van der Waals surface area contributed by atoms with Gasteiger partial charge in [-0.2, -0.15) is 0 Å². The van der Waals surface area contributed by atoms with Crippen molar-refractivity contribution in [3.05, 3.63) is 0 Å². The second kappa shape index (κ2) is 9.49. The molecule has 2 amide bonds. The molecule has 0 aliphatic carbocycles. The standard InChI is InChI=1S/C11H22N3O6P/c1-6(9(16)13-7(2)11(18)19)12-10(17)8(4-5-15)14(3)21-20/h6-8,15H,4-5,21H2,1-3H3,(H,12,17)(H,13,16)(H,18,19)/t6-,7-,8-/m0/s1. The summed E-state index contributed by atoms with van der Waals surface area (Å²) in [5.41, 5.74) is 0. The first-order valence-electron chi connectivity index (χ1n) is 6.36. The van der Waals surface area contributed by atoms with Crippen LogP contribution in [0.25, 0.3) is 0 Å². The molecule has 0 aliphatic rings. The molecule has 0 rings (SSSR count). The molecule has 0 aliphatic heterocycles. The van der Waals surface area contributed by atoms with Gasteiger partial charge in [0.25, 0.3) is 0 Å². The van der Waals surface area contributed by atoms with Crippen LogP contribution < -0.4 is 10.6 Å². The van der Waals surface area contributed by atoms with Crippen LogP contribution in [-0.4, -0.2) is 64.4 Å². The summed E-state index contributed by atoms with van der Waals surface area (Å²) in [6, 6.07) is -2.83. The summed E-state index contributed by atoms with van der Waals surface area (Å²) in [5.74, 6) is -2.38. The zero-order valence-electron chi connectivity index (χ0n) is 12.2. The Balaban J connectivity index is 4.62. The summed E-state index contributed by atoms with van der Waals surface area (Å²) in [6.45, 7) is 2.44. The van der Waals surface area contributed by atoms with Gasteiger partial charge in [-0.25, -0.2) is 4.67 Å². The largest absolute Gasteiger partial charge is 0.480 e. The number of nitrogens with one attached hydrogen (secondary N) is 2. The van der Waals surface area contributed by atoms with E-state index in [0.717, 1.165) is 0 Å². The number of aliphatic hydroxyl groups excluding tert-OH is 1. The predicted molar refractivity (Wildman–Crippen MR) is 76.5 cm³/mol. The Labute approximate surface area is 123 Å². The molecule has 0 aromatic rings. The molecule has 4 atom stereocenters. The molecule has 0 aromatic heterocycles. The van der Waals surface area contributed by atoms with Gasteiger partial charge in [0.15, 0.2) is 0 Å². The van der Waals surface area contributed by atoms with E-state index < -0.39 is 44.5 Å². The number of amides is 2. The van der Waals surface area contributed by atoms with E-state index in [9.17, 15) is 18.9 Å². The lowest BCUT2D eigenvalue weighted by molar-refractivity contribution is -0.141. The molecule has 9 nitrogen and oxygen atoms in total. The fourth-order valence-corrected chi connectivity index (χ4v) is 1.92. The number of carbonyl (C=O) groups excluding carboxylic acids is 2. The SMILES string of the molecule is C[C@H](NC(=O)[C@H](C)NC(=O)[C@H](CCO)N(C)[PH2]=O)C(=O)O. The Morgan fingerprint density at radius 2 is 1.67 bits per heavy atom. The Bertz CT molecular complexity index is 405. The lowest BCUT2D eigenvalue weighted by atomic mass is 10.2. The van der Waals surface area contributed by atoms with Gasteiger partial charge in [-0.15, -0.1) is 0 Å². The zero-order valence-corrected chi connectivity index (χ0v) is 13.4. The fourth-order valence-electron chi connectivity index (χ4n) is 1.49. The van der Waals surface area contributed by atoms with Crippen molar-refractivity contribution in [2.24, 2.45) is 0 Å². The van der Waals surface area contributed by atoms with Crippen LogP contribution >= 0.6 is 8.61 Å². The molecule has 1 unspecified atom stereocenters. The number of carbonyl (C=O) groups is 3. The highest BCUT2D eigenvalue weighted by Crippen LogP contribution is 2.11. The molecule has 0 fully saturated rings. The molecule has 0 heterocycles. The quantitative estimate of drug-likeness (QED) is 0.376. The fraction of sp³-hybridized carbons (Fsp3) is 0.727. The van der Waals surface area contributed by atoms with Gasteiger partial charge in [0.05, 0.1) is 6.04 Å². The third-order valence-electron chi connectivity index (χ3n) is 2.84. The summed E-state index contributed by atoms with van der Waals surface area (Å²) in [6.07, 6.45) is 0.0808. The number of likely N-dealkylation sites (N-methyl/N-ethyl adjacent to an activating group) is 1. The normalized spacial score (nSPS) is 15.7. The van der Waals surface area contributed by atoms with E-state index >= 15 is 0 Å². The van der Waals surface area contributed by atoms with Crippen molar-refractivity contribution in [1.82, 2.24) is 15.3 Å². The minimum absolute atomic E-state index is 0.0808. The van der Waals surface area contributed by atoms with Crippen LogP contribution in [0.3, 0.4) is 0 Å². The van der Waals surface area contributed by atoms with Crippen LogP contribution in [0.1, 0.15) is 20.3 Å². The van der Waals surface area contributed by atoms with Gasteiger partial charge >= 0.3 is 5.97 Å². The maximum atomic E-state index is 12.0. The molecule has 0 saturated carbocycles. The highest BCUT2D eigenvalue weighted by molar-refractivity contribution is 7.20. The van der Waals surface area contributed by atoms with Crippen molar-refractivity contribution in [3.63, 3.8) is 0 Å².